The fourth-order valence-corrected chi connectivity index (χ4v) is 7.69. The van der Waals surface area contributed by atoms with Crippen molar-refractivity contribution in [2.75, 3.05) is 0 Å². The first-order valence-corrected chi connectivity index (χ1v) is 15.0. The Morgan fingerprint density at radius 3 is 0.875 bits per heavy atom. The van der Waals surface area contributed by atoms with Crippen molar-refractivity contribution in [2.24, 2.45) is 0 Å². The van der Waals surface area contributed by atoms with Crippen LogP contribution < -0.4 is 9.80 Å². The summed E-state index contributed by atoms with van der Waals surface area (Å²) in [6.07, 6.45) is 0. The van der Waals surface area contributed by atoms with Crippen molar-refractivity contribution in [3.8, 4) is 11.1 Å². The van der Waals surface area contributed by atoms with Crippen LogP contribution in [0.4, 0.5) is 34.1 Å². The molecule has 0 spiro atoms. The summed E-state index contributed by atoms with van der Waals surface area (Å²) in [6.45, 7) is 0. The number of hydrogen-bond donors (Lipinski definition) is 0. The molecular formula is C36H24N2S2+2. The predicted octanol–water partition coefficient (Wildman–Crippen LogP) is 11.2. The quantitative estimate of drug-likeness (QED) is 0.204. The Balaban J connectivity index is 1.13. The molecule has 40 heavy (non-hydrogen) atoms. The highest BCUT2D eigenvalue weighted by Crippen LogP contribution is 2.52. The molecule has 6 aromatic rings. The Hall–Kier alpha value is -4.06. The number of fused-ring (bicyclic) bond motifs is 4. The zero-order chi connectivity index (χ0) is 26.5. The Kier molecular flexibility index (Phi) is 5.86. The van der Waals surface area contributed by atoms with Gasteiger partial charge in [-0.25, -0.2) is 0 Å². The maximum atomic E-state index is 2.37. The van der Waals surface area contributed by atoms with Gasteiger partial charge in [0.2, 0.25) is 22.7 Å². The van der Waals surface area contributed by atoms with Gasteiger partial charge in [0.25, 0.3) is 0 Å². The predicted molar refractivity (Wildman–Crippen MR) is 168 cm³/mol. The first kappa shape index (κ1) is 23.8. The Labute approximate surface area is 242 Å². The molecule has 2 aliphatic heterocycles. The lowest BCUT2D eigenvalue weighted by Gasteiger charge is -2.21. The molecule has 4 heteroatoms. The molecule has 188 valence electrons. The number of rotatable bonds is 3. The molecule has 0 saturated carbocycles. The van der Waals surface area contributed by atoms with Crippen LogP contribution in [-0.2, 0) is 0 Å². The average Bonchev–Trinajstić information content (AvgIpc) is 3.03. The second-order valence-corrected chi connectivity index (χ2v) is 12.0. The highest BCUT2D eigenvalue weighted by atomic mass is 32.2. The van der Waals surface area contributed by atoms with Gasteiger partial charge in [-0.3, -0.25) is 0 Å². The normalized spacial score (nSPS) is 14.1. The third-order valence-corrected chi connectivity index (χ3v) is 9.71. The number of anilines is 6. The molecule has 0 aromatic heterocycles. The largest absolute Gasteiger partial charge is 0.206 e. The monoisotopic (exact) mass is 548 g/mol. The van der Waals surface area contributed by atoms with Crippen LogP contribution in [0.25, 0.3) is 11.1 Å². The van der Waals surface area contributed by atoms with Gasteiger partial charge >= 0.3 is 0 Å². The Morgan fingerprint density at radius 2 is 0.575 bits per heavy atom. The summed E-state index contributed by atoms with van der Waals surface area (Å²) in [5.41, 5.74) is 9.65. The Bertz CT molecular complexity index is 1630. The van der Waals surface area contributed by atoms with E-state index in [1.807, 2.05) is 23.5 Å². The molecule has 0 amide bonds. The van der Waals surface area contributed by atoms with Crippen LogP contribution in [0.5, 0.6) is 0 Å². The minimum Gasteiger partial charge on any atom is -0.0772 e. The lowest BCUT2D eigenvalue weighted by molar-refractivity contribution is 0.877. The van der Waals surface area contributed by atoms with Crippen molar-refractivity contribution >= 4 is 57.6 Å². The minimum absolute atomic E-state index is 1.17. The van der Waals surface area contributed by atoms with E-state index in [1.165, 1.54) is 64.8 Å². The molecule has 0 atom stereocenters. The standard InChI is InChI=1S/C36H24N2S2/c1-5-13-33-29(9-1)37(30-10-2-6-14-34(30)39-33)27-21-17-25(18-22-27)26-19-23-28(24-20-26)38-31-11-3-7-15-35(31)40-36-16-8-4-12-32(36)38/h1-24H/q+2. The van der Waals surface area contributed by atoms with E-state index in [4.69, 9.17) is 0 Å². The van der Waals surface area contributed by atoms with Crippen LogP contribution in [0.15, 0.2) is 165 Å². The summed E-state index contributed by atoms with van der Waals surface area (Å²) in [4.78, 5) is 9.86. The third-order valence-electron chi connectivity index (χ3n) is 7.45. The van der Waals surface area contributed by atoms with E-state index >= 15 is 0 Å². The molecule has 0 N–H and O–H groups in total. The fourth-order valence-electron chi connectivity index (χ4n) is 5.57. The maximum absolute atomic E-state index is 2.37. The first-order valence-electron chi connectivity index (χ1n) is 13.4. The van der Waals surface area contributed by atoms with Crippen molar-refractivity contribution in [3.63, 3.8) is 0 Å². The van der Waals surface area contributed by atoms with Gasteiger partial charge in [0.15, 0.2) is 11.4 Å². The second-order valence-electron chi connectivity index (χ2n) is 9.84. The lowest BCUT2D eigenvalue weighted by atomic mass is 10.0. The smallest absolute Gasteiger partial charge is 0.0772 e. The molecular weight excluding hydrogens is 525 g/mol. The van der Waals surface area contributed by atoms with Crippen molar-refractivity contribution in [3.05, 3.63) is 146 Å². The van der Waals surface area contributed by atoms with E-state index in [0.717, 1.165) is 0 Å². The van der Waals surface area contributed by atoms with E-state index in [9.17, 15) is 0 Å². The van der Waals surface area contributed by atoms with Crippen LogP contribution >= 0.6 is 23.5 Å². The van der Waals surface area contributed by atoms with Crippen molar-refractivity contribution < 1.29 is 0 Å². The fraction of sp³-hybridized carbons (Fsp3) is 0. The minimum atomic E-state index is 1.17. The summed E-state index contributed by atoms with van der Waals surface area (Å²) in [6, 6.07) is 52.5. The van der Waals surface area contributed by atoms with Gasteiger partial charge in [0.1, 0.15) is 0 Å². The molecule has 0 saturated heterocycles. The van der Waals surface area contributed by atoms with Crippen LogP contribution in [0.1, 0.15) is 0 Å². The molecule has 0 aliphatic carbocycles. The zero-order valence-corrected chi connectivity index (χ0v) is 23.2. The van der Waals surface area contributed by atoms with E-state index in [1.54, 1.807) is 0 Å². The summed E-state index contributed by atoms with van der Waals surface area (Å²) < 4.78 is 0. The summed E-state index contributed by atoms with van der Waals surface area (Å²) in [7, 11) is 0. The van der Waals surface area contributed by atoms with Crippen molar-refractivity contribution in [1.82, 2.24) is 9.80 Å². The SMILES string of the molecule is c1ccc2c(c1)Sc1ccccc1[N+]2c1ccc(-c2ccc([N+]3c4ccccc4Sc4ccccc43)cc2)cc1. The summed E-state index contributed by atoms with van der Waals surface area (Å²) >= 11 is 3.68. The van der Waals surface area contributed by atoms with E-state index < -0.39 is 0 Å². The molecule has 6 aromatic carbocycles. The van der Waals surface area contributed by atoms with E-state index in [-0.39, 0.29) is 0 Å². The molecule has 2 aliphatic rings. The van der Waals surface area contributed by atoms with Crippen molar-refractivity contribution in [2.45, 2.75) is 19.6 Å². The van der Waals surface area contributed by atoms with Gasteiger partial charge in [-0.2, -0.15) is 0 Å². The number of benzene rings is 6. The number of para-hydroxylation sites is 4. The van der Waals surface area contributed by atoms with Gasteiger partial charge in [-0.1, -0.05) is 81.9 Å². The van der Waals surface area contributed by atoms with Gasteiger partial charge < -0.3 is 0 Å². The topological polar surface area (TPSA) is 11.8 Å². The van der Waals surface area contributed by atoms with Crippen LogP contribution in [-0.4, -0.2) is 0 Å². The Morgan fingerprint density at radius 1 is 0.300 bits per heavy atom. The molecule has 2 radical (unpaired) electrons. The van der Waals surface area contributed by atoms with Crippen LogP contribution in [0, 0.1) is 0 Å². The van der Waals surface area contributed by atoms with Gasteiger partial charge in [-0.05, 0) is 59.7 Å². The van der Waals surface area contributed by atoms with Gasteiger partial charge in [-0.15, -0.1) is 0 Å². The highest BCUT2D eigenvalue weighted by Gasteiger charge is 2.37. The molecule has 0 unspecified atom stereocenters. The summed E-state index contributed by atoms with van der Waals surface area (Å²) in [5.74, 6) is 0. The summed E-state index contributed by atoms with van der Waals surface area (Å²) in [5, 5.41) is 0. The van der Waals surface area contributed by atoms with Crippen molar-refractivity contribution in [1.29, 1.82) is 0 Å². The highest BCUT2D eigenvalue weighted by molar-refractivity contribution is 8.00. The molecule has 8 rings (SSSR count). The van der Waals surface area contributed by atoms with E-state index in [0.29, 0.717) is 0 Å². The van der Waals surface area contributed by atoms with Gasteiger partial charge in [0, 0.05) is 48.5 Å². The van der Waals surface area contributed by atoms with Crippen LogP contribution in [0.2, 0.25) is 0 Å². The molecule has 2 heterocycles. The van der Waals surface area contributed by atoms with Crippen LogP contribution in [0.3, 0.4) is 0 Å². The lowest BCUT2D eigenvalue weighted by Crippen LogP contribution is -2.16. The third kappa shape index (κ3) is 4.00. The molecule has 0 bridgehead atoms. The second kappa shape index (κ2) is 9.84. The zero-order valence-electron chi connectivity index (χ0n) is 21.6. The maximum Gasteiger partial charge on any atom is 0.206 e. The molecule has 0 fully saturated rings. The number of hydrogen-bond acceptors (Lipinski definition) is 4. The molecule has 2 nitrogen and oxygen atoms in total. The van der Waals surface area contributed by atoms with E-state index in [2.05, 4.69) is 155 Å². The first-order chi connectivity index (χ1) is 19.8. The number of nitrogens with zero attached hydrogens (tertiary/aromatic N) is 2. The van der Waals surface area contributed by atoms with Gasteiger partial charge in [0.05, 0.1) is 19.6 Å². The average molecular weight is 549 g/mol.